The summed E-state index contributed by atoms with van der Waals surface area (Å²) in [5.74, 6) is -0.334. The van der Waals surface area contributed by atoms with Crippen LogP contribution in [0.4, 0.5) is 5.69 Å². The number of hydrogen-bond acceptors (Lipinski definition) is 3. The molecule has 1 unspecified atom stereocenters. The number of nitrogens with one attached hydrogen (secondary N) is 2. The fourth-order valence-corrected chi connectivity index (χ4v) is 4.09. The molecule has 0 radical (unpaired) electrons. The summed E-state index contributed by atoms with van der Waals surface area (Å²) in [4.78, 5) is 24.8. The molecule has 0 aromatic heterocycles. The molecule has 4 rings (SSSR count). The Morgan fingerprint density at radius 2 is 1.80 bits per heavy atom. The lowest BCUT2D eigenvalue weighted by atomic mass is 9.87. The molecule has 0 bridgehead atoms. The number of halogens is 1. The lowest BCUT2D eigenvalue weighted by molar-refractivity contribution is -0.126. The standard InChI is InChI=1S/C24H25N3O2.ClH/c25-19-11-12-21-17(13-19)8-4-10-22(21)27-24(29)15-26-23(28)14-18-7-3-6-16-5-1-2-9-20(16)18;/h1-3,5-7,9,11-13,22H,4,8,10,14-15,25H2,(H,26,28)(H,27,29);1H. The van der Waals surface area contributed by atoms with Crippen LogP contribution in [0.2, 0.25) is 0 Å². The third-order valence-corrected chi connectivity index (χ3v) is 5.49. The van der Waals surface area contributed by atoms with Gasteiger partial charge in [-0.2, -0.15) is 0 Å². The lowest BCUT2D eigenvalue weighted by Gasteiger charge is -2.26. The molecule has 3 aromatic carbocycles. The maximum atomic E-state index is 12.4. The molecule has 30 heavy (non-hydrogen) atoms. The van der Waals surface area contributed by atoms with Gasteiger partial charge in [0, 0.05) is 5.69 Å². The van der Waals surface area contributed by atoms with E-state index in [4.69, 9.17) is 5.73 Å². The van der Waals surface area contributed by atoms with Crippen LogP contribution in [0, 0.1) is 0 Å². The number of carbonyl (C=O) groups excluding carboxylic acids is 2. The predicted molar refractivity (Wildman–Crippen MR) is 123 cm³/mol. The molecule has 0 aliphatic heterocycles. The largest absolute Gasteiger partial charge is 0.399 e. The Bertz CT molecular complexity index is 1060. The van der Waals surface area contributed by atoms with Gasteiger partial charge in [0.2, 0.25) is 11.8 Å². The first-order valence-electron chi connectivity index (χ1n) is 10.0. The molecule has 1 aliphatic carbocycles. The second kappa shape index (κ2) is 9.63. The summed E-state index contributed by atoms with van der Waals surface area (Å²) in [6.45, 7) is -0.0234. The van der Waals surface area contributed by atoms with E-state index in [9.17, 15) is 9.59 Å². The van der Waals surface area contributed by atoms with Crippen LogP contribution in [0.25, 0.3) is 10.8 Å². The van der Waals surface area contributed by atoms with Crippen molar-refractivity contribution in [3.8, 4) is 0 Å². The van der Waals surface area contributed by atoms with Crippen LogP contribution in [0.1, 0.15) is 35.6 Å². The van der Waals surface area contributed by atoms with Gasteiger partial charge in [-0.25, -0.2) is 0 Å². The molecule has 5 nitrogen and oxygen atoms in total. The summed E-state index contributed by atoms with van der Waals surface area (Å²) in [5, 5.41) is 7.96. The van der Waals surface area contributed by atoms with Gasteiger partial charge < -0.3 is 16.4 Å². The Kier molecular flexibility index (Phi) is 6.95. The summed E-state index contributed by atoms with van der Waals surface area (Å²) in [6, 6.07) is 19.7. The van der Waals surface area contributed by atoms with Crippen LogP contribution in [0.5, 0.6) is 0 Å². The maximum absolute atomic E-state index is 12.4. The highest BCUT2D eigenvalue weighted by Gasteiger charge is 2.22. The van der Waals surface area contributed by atoms with Crippen molar-refractivity contribution in [1.82, 2.24) is 10.6 Å². The van der Waals surface area contributed by atoms with Gasteiger partial charge >= 0.3 is 0 Å². The Hall–Kier alpha value is -3.05. The van der Waals surface area contributed by atoms with Crippen molar-refractivity contribution in [1.29, 1.82) is 0 Å². The predicted octanol–water partition coefficient (Wildman–Crippen LogP) is 3.70. The van der Waals surface area contributed by atoms with Crippen molar-refractivity contribution in [2.45, 2.75) is 31.7 Å². The zero-order valence-corrected chi connectivity index (χ0v) is 17.5. The molecule has 3 aromatic rings. The van der Waals surface area contributed by atoms with Gasteiger partial charge in [-0.05, 0) is 58.9 Å². The SMILES string of the molecule is Cl.Nc1ccc2c(c1)CCCC2NC(=O)CNC(=O)Cc1cccc2ccccc12. The highest BCUT2D eigenvalue weighted by molar-refractivity contribution is 5.91. The van der Waals surface area contributed by atoms with E-state index in [2.05, 4.69) is 10.6 Å². The van der Waals surface area contributed by atoms with Gasteiger partial charge in [0.15, 0.2) is 0 Å². The molecule has 1 atom stereocenters. The van der Waals surface area contributed by atoms with Crippen LogP contribution in [0.15, 0.2) is 60.7 Å². The van der Waals surface area contributed by atoms with Gasteiger partial charge in [-0.1, -0.05) is 48.5 Å². The molecule has 0 fully saturated rings. The topological polar surface area (TPSA) is 84.2 Å². The minimum atomic E-state index is -0.175. The van der Waals surface area contributed by atoms with E-state index in [1.807, 2.05) is 60.7 Å². The molecule has 156 valence electrons. The zero-order valence-electron chi connectivity index (χ0n) is 16.7. The number of fused-ring (bicyclic) bond motifs is 2. The Labute approximate surface area is 182 Å². The van der Waals surface area contributed by atoms with Crippen LogP contribution < -0.4 is 16.4 Å². The van der Waals surface area contributed by atoms with Crippen LogP contribution in [-0.4, -0.2) is 18.4 Å². The molecule has 4 N–H and O–H groups in total. The zero-order chi connectivity index (χ0) is 20.2. The van der Waals surface area contributed by atoms with Crippen LogP contribution >= 0.6 is 12.4 Å². The van der Waals surface area contributed by atoms with Gasteiger partial charge in [-0.3, -0.25) is 9.59 Å². The number of rotatable bonds is 5. The number of amides is 2. The Morgan fingerprint density at radius 3 is 2.67 bits per heavy atom. The van der Waals surface area contributed by atoms with E-state index >= 15 is 0 Å². The summed E-state index contributed by atoms with van der Waals surface area (Å²) in [5.41, 5.74) is 9.90. The lowest BCUT2D eigenvalue weighted by Crippen LogP contribution is -2.40. The maximum Gasteiger partial charge on any atom is 0.239 e. The third-order valence-electron chi connectivity index (χ3n) is 5.49. The number of nitrogens with two attached hydrogens (primary N) is 1. The Morgan fingerprint density at radius 1 is 1.00 bits per heavy atom. The Balaban J connectivity index is 0.00000256. The highest BCUT2D eigenvalue weighted by Crippen LogP contribution is 2.30. The number of hydrogen-bond donors (Lipinski definition) is 3. The van der Waals surface area contributed by atoms with E-state index in [-0.39, 0.29) is 43.2 Å². The molecule has 2 amide bonds. The summed E-state index contributed by atoms with van der Waals surface area (Å²) >= 11 is 0. The molecule has 0 spiro atoms. The van der Waals surface area contributed by atoms with E-state index in [1.54, 1.807) is 0 Å². The average molecular weight is 424 g/mol. The summed E-state index contributed by atoms with van der Waals surface area (Å²) in [7, 11) is 0. The first-order valence-corrected chi connectivity index (χ1v) is 10.0. The molecular weight excluding hydrogens is 398 g/mol. The van der Waals surface area contributed by atoms with Crippen molar-refractivity contribution < 1.29 is 9.59 Å². The molecule has 0 heterocycles. The van der Waals surface area contributed by atoms with E-state index in [0.717, 1.165) is 46.8 Å². The third kappa shape index (κ3) is 4.92. The van der Waals surface area contributed by atoms with Gasteiger partial charge in [0.1, 0.15) is 0 Å². The smallest absolute Gasteiger partial charge is 0.239 e. The van der Waals surface area contributed by atoms with E-state index in [1.165, 1.54) is 5.56 Å². The van der Waals surface area contributed by atoms with Crippen molar-refractivity contribution >= 4 is 40.7 Å². The monoisotopic (exact) mass is 423 g/mol. The van der Waals surface area contributed by atoms with Crippen molar-refractivity contribution in [2.75, 3.05) is 12.3 Å². The molecule has 0 saturated carbocycles. The average Bonchev–Trinajstić information content (AvgIpc) is 2.72. The number of benzene rings is 3. The van der Waals surface area contributed by atoms with Crippen LogP contribution in [-0.2, 0) is 22.4 Å². The minimum absolute atomic E-state index is 0. The molecule has 0 saturated heterocycles. The second-order valence-electron chi connectivity index (χ2n) is 7.56. The number of carbonyl (C=O) groups is 2. The normalized spacial score (nSPS) is 15.0. The van der Waals surface area contributed by atoms with Crippen molar-refractivity contribution in [3.05, 3.63) is 77.4 Å². The molecule has 1 aliphatic rings. The number of anilines is 1. The first-order chi connectivity index (χ1) is 14.1. The highest BCUT2D eigenvalue weighted by atomic mass is 35.5. The van der Waals surface area contributed by atoms with Gasteiger partial charge in [-0.15, -0.1) is 12.4 Å². The fourth-order valence-electron chi connectivity index (χ4n) is 4.09. The minimum Gasteiger partial charge on any atom is -0.399 e. The number of nitrogen functional groups attached to an aromatic ring is 1. The first kappa shape index (κ1) is 21.7. The van der Waals surface area contributed by atoms with Gasteiger partial charge in [0.25, 0.3) is 0 Å². The summed E-state index contributed by atoms with van der Waals surface area (Å²) < 4.78 is 0. The van der Waals surface area contributed by atoms with E-state index in [0.29, 0.717) is 0 Å². The van der Waals surface area contributed by atoms with Gasteiger partial charge in [0.05, 0.1) is 19.0 Å². The van der Waals surface area contributed by atoms with Crippen LogP contribution in [0.3, 0.4) is 0 Å². The van der Waals surface area contributed by atoms with E-state index < -0.39 is 0 Å². The van der Waals surface area contributed by atoms with Crippen molar-refractivity contribution in [2.24, 2.45) is 0 Å². The molecular formula is C24H26ClN3O2. The summed E-state index contributed by atoms with van der Waals surface area (Å²) in [6.07, 6.45) is 3.14. The van der Waals surface area contributed by atoms with Crippen molar-refractivity contribution in [3.63, 3.8) is 0 Å². The number of aryl methyl sites for hydroxylation is 1. The second-order valence-corrected chi connectivity index (χ2v) is 7.56. The quantitative estimate of drug-likeness (QED) is 0.547. The fraction of sp³-hybridized carbons (Fsp3) is 0.250. The molecule has 6 heteroatoms.